The molecular weight excluding hydrogens is 322 g/mol. The molecule has 0 aliphatic rings. The Labute approximate surface area is 151 Å². The summed E-state index contributed by atoms with van der Waals surface area (Å²) >= 11 is 0. The number of carbonyl (C=O) groups is 1. The van der Waals surface area contributed by atoms with Crippen molar-refractivity contribution in [2.24, 2.45) is 0 Å². The van der Waals surface area contributed by atoms with E-state index in [1.54, 1.807) is 12.3 Å². The molecule has 4 aromatic carbocycles. The van der Waals surface area contributed by atoms with Crippen LogP contribution < -0.4 is 10.1 Å². The van der Waals surface area contributed by atoms with Gasteiger partial charge in [0.15, 0.2) is 0 Å². The maximum absolute atomic E-state index is 12.2. The molecule has 126 valence electrons. The molecule has 4 rings (SSSR count). The SMILES string of the molecule is O=C(C=CNc1cccc2ccccc12)Oc1cccc2ccccc12. The van der Waals surface area contributed by atoms with E-state index < -0.39 is 5.97 Å². The number of hydrogen-bond acceptors (Lipinski definition) is 3. The first kappa shape index (κ1) is 15.9. The Morgan fingerprint density at radius 1 is 0.731 bits per heavy atom. The number of carbonyl (C=O) groups excluding carboxylic acids is 1. The van der Waals surface area contributed by atoms with Crippen molar-refractivity contribution in [3.63, 3.8) is 0 Å². The Morgan fingerprint density at radius 2 is 1.35 bits per heavy atom. The average Bonchev–Trinajstić information content (AvgIpc) is 2.68. The number of hydrogen-bond donors (Lipinski definition) is 1. The van der Waals surface area contributed by atoms with Crippen LogP contribution in [0.5, 0.6) is 5.75 Å². The van der Waals surface area contributed by atoms with Crippen molar-refractivity contribution < 1.29 is 9.53 Å². The van der Waals surface area contributed by atoms with Crippen LogP contribution in [0, 0.1) is 0 Å². The minimum absolute atomic E-state index is 0.422. The summed E-state index contributed by atoms with van der Waals surface area (Å²) in [5, 5.41) is 7.36. The number of esters is 1. The monoisotopic (exact) mass is 339 g/mol. The van der Waals surface area contributed by atoms with Gasteiger partial charge in [0.05, 0.1) is 0 Å². The van der Waals surface area contributed by atoms with Gasteiger partial charge in [-0.05, 0) is 22.9 Å². The first-order valence-corrected chi connectivity index (χ1v) is 8.42. The zero-order valence-corrected chi connectivity index (χ0v) is 14.1. The smallest absolute Gasteiger partial charge is 0.337 e. The molecule has 3 nitrogen and oxygen atoms in total. The summed E-state index contributed by atoms with van der Waals surface area (Å²) in [5.74, 6) is 0.136. The zero-order valence-electron chi connectivity index (χ0n) is 14.1. The van der Waals surface area contributed by atoms with Crippen molar-refractivity contribution in [3.05, 3.63) is 97.2 Å². The maximum Gasteiger partial charge on any atom is 0.337 e. The van der Waals surface area contributed by atoms with E-state index in [0.717, 1.165) is 27.2 Å². The number of benzene rings is 4. The number of nitrogens with one attached hydrogen (secondary N) is 1. The molecule has 3 heteroatoms. The predicted molar refractivity (Wildman–Crippen MR) is 106 cm³/mol. The lowest BCUT2D eigenvalue weighted by Crippen LogP contribution is -2.05. The van der Waals surface area contributed by atoms with Gasteiger partial charge in [0.2, 0.25) is 0 Å². The summed E-state index contributed by atoms with van der Waals surface area (Å²) in [7, 11) is 0. The van der Waals surface area contributed by atoms with E-state index in [2.05, 4.69) is 17.4 Å². The van der Waals surface area contributed by atoms with Crippen molar-refractivity contribution >= 4 is 33.2 Å². The number of fused-ring (bicyclic) bond motifs is 2. The molecule has 0 amide bonds. The van der Waals surface area contributed by atoms with E-state index in [-0.39, 0.29) is 0 Å². The highest BCUT2D eigenvalue weighted by molar-refractivity contribution is 5.95. The van der Waals surface area contributed by atoms with Gasteiger partial charge in [-0.15, -0.1) is 0 Å². The summed E-state index contributed by atoms with van der Waals surface area (Å²) in [6.45, 7) is 0. The molecule has 4 aromatic rings. The van der Waals surface area contributed by atoms with Crippen LogP contribution in [0.3, 0.4) is 0 Å². The lowest BCUT2D eigenvalue weighted by molar-refractivity contribution is -0.128. The topological polar surface area (TPSA) is 38.3 Å². The lowest BCUT2D eigenvalue weighted by atomic mass is 10.1. The van der Waals surface area contributed by atoms with Crippen molar-refractivity contribution in [2.75, 3.05) is 5.32 Å². The highest BCUT2D eigenvalue weighted by Gasteiger charge is 2.05. The molecule has 0 heterocycles. The summed E-state index contributed by atoms with van der Waals surface area (Å²) < 4.78 is 5.49. The van der Waals surface area contributed by atoms with Crippen LogP contribution in [-0.2, 0) is 4.79 Å². The summed E-state index contributed by atoms with van der Waals surface area (Å²) in [4.78, 5) is 12.2. The largest absolute Gasteiger partial charge is 0.423 e. The molecule has 0 aromatic heterocycles. The summed E-state index contributed by atoms with van der Waals surface area (Å²) in [6.07, 6.45) is 3.00. The third-order valence-corrected chi connectivity index (χ3v) is 4.21. The van der Waals surface area contributed by atoms with Gasteiger partial charge in [-0.3, -0.25) is 0 Å². The quantitative estimate of drug-likeness (QED) is 0.302. The van der Waals surface area contributed by atoms with Gasteiger partial charge in [0.1, 0.15) is 5.75 Å². The fourth-order valence-electron chi connectivity index (χ4n) is 2.98. The molecule has 0 fully saturated rings. The molecule has 1 N–H and O–H groups in total. The molecular formula is C23H17NO2. The molecule has 0 aliphatic carbocycles. The Kier molecular flexibility index (Phi) is 4.35. The van der Waals surface area contributed by atoms with Crippen LogP contribution in [-0.4, -0.2) is 5.97 Å². The highest BCUT2D eigenvalue weighted by Crippen LogP contribution is 2.25. The van der Waals surface area contributed by atoms with E-state index in [0.29, 0.717) is 5.75 Å². The molecule has 0 aliphatic heterocycles. The van der Waals surface area contributed by atoms with E-state index in [1.165, 1.54) is 6.08 Å². The van der Waals surface area contributed by atoms with Crippen molar-refractivity contribution in [1.82, 2.24) is 0 Å². The molecule has 0 unspecified atom stereocenters. The molecule has 0 radical (unpaired) electrons. The predicted octanol–water partition coefficient (Wildman–Crippen LogP) is 5.52. The summed E-state index contributed by atoms with van der Waals surface area (Å²) in [5.41, 5.74) is 0.942. The van der Waals surface area contributed by atoms with Gasteiger partial charge in [0.25, 0.3) is 0 Å². The third-order valence-electron chi connectivity index (χ3n) is 4.21. The average molecular weight is 339 g/mol. The van der Waals surface area contributed by atoms with Crippen LogP contribution in [0.1, 0.15) is 0 Å². The van der Waals surface area contributed by atoms with Crippen LogP contribution in [0.25, 0.3) is 21.5 Å². The normalized spacial score (nSPS) is 11.1. The molecule has 0 bridgehead atoms. The minimum atomic E-state index is -0.422. The minimum Gasteiger partial charge on any atom is -0.423 e. The second-order valence-electron chi connectivity index (χ2n) is 5.90. The molecule has 0 saturated heterocycles. The third kappa shape index (κ3) is 3.28. The van der Waals surface area contributed by atoms with Crippen LogP contribution in [0.4, 0.5) is 5.69 Å². The van der Waals surface area contributed by atoms with Gasteiger partial charge in [-0.1, -0.05) is 72.8 Å². The van der Waals surface area contributed by atoms with Gasteiger partial charge in [-0.2, -0.15) is 0 Å². The Morgan fingerprint density at radius 3 is 2.15 bits per heavy atom. The first-order chi connectivity index (χ1) is 12.8. The second kappa shape index (κ2) is 7.11. The zero-order chi connectivity index (χ0) is 17.8. The first-order valence-electron chi connectivity index (χ1n) is 8.42. The molecule has 0 spiro atoms. The van der Waals surface area contributed by atoms with E-state index in [1.807, 2.05) is 66.7 Å². The van der Waals surface area contributed by atoms with E-state index >= 15 is 0 Å². The fourth-order valence-corrected chi connectivity index (χ4v) is 2.98. The molecule has 26 heavy (non-hydrogen) atoms. The summed E-state index contributed by atoms with van der Waals surface area (Å²) in [6, 6.07) is 27.6. The molecule has 0 saturated carbocycles. The Hall–Kier alpha value is -3.59. The van der Waals surface area contributed by atoms with Crippen LogP contribution in [0.15, 0.2) is 97.2 Å². The van der Waals surface area contributed by atoms with Crippen molar-refractivity contribution in [1.29, 1.82) is 0 Å². The number of rotatable bonds is 4. The maximum atomic E-state index is 12.2. The fraction of sp³-hybridized carbons (Fsp3) is 0. The van der Waals surface area contributed by atoms with Crippen molar-refractivity contribution in [3.8, 4) is 5.75 Å². The van der Waals surface area contributed by atoms with Crippen molar-refractivity contribution in [2.45, 2.75) is 0 Å². The lowest BCUT2D eigenvalue weighted by Gasteiger charge is -2.07. The van der Waals surface area contributed by atoms with Gasteiger partial charge < -0.3 is 10.1 Å². The van der Waals surface area contributed by atoms with Crippen LogP contribution in [0.2, 0.25) is 0 Å². The van der Waals surface area contributed by atoms with Crippen LogP contribution >= 0.6 is 0 Å². The van der Waals surface area contributed by atoms with Gasteiger partial charge in [-0.25, -0.2) is 4.79 Å². The highest BCUT2D eigenvalue weighted by atomic mass is 16.5. The second-order valence-corrected chi connectivity index (χ2v) is 5.90. The Bertz CT molecular complexity index is 1100. The standard InChI is InChI=1S/C23H17NO2/c25-23(26-22-14-6-10-18-8-2-4-12-20(18)22)15-16-24-21-13-5-9-17-7-1-3-11-19(17)21/h1-16,24H. The van der Waals surface area contributed by atoms with Gasteiger partial charge in [0, 0.05) is 28.7 Å². The Balaban J connectivity index is 1.49. The van der Waals surface area contributed by atoms with Gasteiger partial charge >= 0.3 is 5.97 Å². The van der Waals surface area contributed by atoms with E-state index in [9.17, 15) is 4.79 Å². The van der Waals surface area contributed by atoms with E-state index in [4.69, 9.17) is 4.74 Å². The number of ether oxygens (including phenoxy) is 1. The number of anilines is 1. The molecule has 0 atom stereocenters.